The molecule has 52 heavy (non-hydrogen) atoms. The first-order valence-electron chi connectivity index (χ1n) is 17.3. The van der Waals surface area contributed by atoms with Crippen molar-refractivity contribution in [3.63, 3.8) is 0 Å². The third-order valence-electron chi connectivity index (χ3n) is 6.74. The van der Waals surface area contributed by atoms with Gasteiger partial charge in [0.15, 0.2) is 0 Å². The summed E-state index contributed by atoms with van der Waals surface area (Å²) < 4.78 is 78.4. The average molecular weight is 783 g/mol. The predicted molar refractivity (Wildman–Crippen MR) is 214 cm³/mol. The van der Waals surface area contributed by atoms with Gasteiger partial charge in [0.25, 0.3) is 20.2 Å². The molecule has 2 aromatic carbocycles. The van der Waals surface area contributed by atoms with Crippen LogP contribution in [0.15, 0.2) is 58.3 Å². The molecule has 2 atom stereocenters. The zero-order chi connectivity index (χ0) is 38.3. The Bertz CT molecular complexity index is 1260. The first-order chi connectivity index (χ1) is 23.7. The molecule has 0 saturated carbocycles. The highest BCUT2D eigenvalue weighted by atomic mass is 32.2. The lowest BCUT2D eigenvalue weighted by molar-refractivity contribution is 0.0711. The van der Waals surface area contributed by atoms with E-state index in [1.807, 2.05) is 13.8 Å². The van der Waals surface area contributed by atoms with Crippen molar-refractivity contribution in [3.8, 4) is 0 Å². The fourth-order valence-electron chi connectivity index (χ4n) is 3.79. The molecule has 12 nitrogen and oxygen atoms in total. The largest absolute Gasteiger partial charge is 0.382 e. The molecule has 0 aliphatic carbocycles. The third-order valence-corrected chi connectivity index (χ3v) is 9.04. The maximum Gasteiger partial charge on any atom is 0.297 e. The molecule has 2 rings (SSSR count). The number of ether oxygens (including phenoxy) is 4. The van der Waals surface area contributed by atoms with Crippen molar-refractivity contribution in [2.75, 3.05) is 67.0 Å². The summed E-state index contributed by atoms with van der Waals surface area (Å²) in [5.41, 5.74) is 7.13. The summed E-state index contributed by atoms with van der Waals surface area (Å²) in [5.74, 6) is 0. The minimum absolute atomic E-state index is 0. The van der Waals surface area contributed by atoms with Crippen LogP contribution in [0, 0.1) is 13.8 Å². The fourth-order valence-corrected chi connectivity index (χ4v) is 5.38. The van der Waals surface area contributed by atoms with Gasteiger partial charge in [-0.2, -0.15) is 16.8 Å². The van der Waals surface area contributed by atoms with Crippen molar-refractivity contribution >= 4 is 20.2 Å². The molecule has 2 aromatic rings. The Labute approximate surface area is 318 Å². The molecule has 0 bridgehead atoms. The Hall–Kier alpha value is -1.98. The summed E-state index contributed by atoms with van der Waals surface area (Å²) in [6, 6.07) is 13.3. The molecule has 14 heteroatoms. The zero-order valence-corrected chi connectivity index (χ0v) is 33.3. The van der Waals surface area contributed by atoms with Gasteiger partial charge in [0, 0.05) is 33.4 Å². The summed E-state index contributed by atoms with van der Waals surface area (Å²) in [6.45, 7) is 17.7. The highest BCUT2D eigenvalue weighted by Gasteiger charge is 2.18. The Morgan fingerprint density at radius 3 is 1.56 bits per heavy atom. The molecular formula is C38H74N2O10S2. The molecule has 308 valence electrons. The number of hydrogen-bond donors (Lipinski definition) is 3. The number of unbranched alkanes of at least 4 members (excludes halogenated alkanes) is 2. The lowest BCUT2D eigenvalue weighted by atomic mass is 10.1. The molecule has 2 unspecified atom stereocenters. The van der Waals surface area contributed by atoms with Crippen LogP contribution in [0.4, 0.5) is 0 Å². The zero-order valence-electron chi connectivity index (χ0n) is 31.7. The van der Waals surface area contributed by atoms with Crippen LogP contribution in [-0.4, -0.2) is 100 Å². The Morgan fingerprint density at radius 1 is 0.692 bits per heavy atom. The molecule has 0 aliphatic rings. The van der Waals surface area contributed by atoms with E-state index in [1.54, 1.807) is 57.5 Å². The number of rotatable bonds is 22. The average Bonchev–Trinajstić information content (AvgIpc) is 3.07. The lowest BCUT2D eigenvalue weighted by Crippen LogP contribution is -2.29. The standard InChI is InChI=1S/C13H20O3S.C11H25NO2.C7H8O3S.C5H13NO2.2CH4/c1-4-5-6-12(3)16-17(14,15)13-9-7-11(2)8-10-13;1-4-5-6-11(2)12-7-8-14-10-9-13-3;1-6-2-4-7(5-3-6)11(8,9)10;1-7-4-5-8-3-2-6;;/h7-10,12H,4-6H2,1-3H3;11-12H,4-10H2,1-3H3;2-5H,1H3,(H,8,9,10);2-6H2,1H3;2*1H4. The van der Waals surface area contributed by atoms with E-state index in [9.17, 15) is 16.8 Å². The van der Waals surface area contributed by atoms with Gasteiger partial charge in [-0.05, 0) is 64.8 Å². The topological polar surface area (TPSA) is 173 Å². The van der Waals surface area contributed by atoms with Crippen LogP contribution in [0.3, 0.4) is 0 Å². The molecule has 0 aromatic heterocycles. The Kier molecular flexibility index (Phi) is 39.3. The lowest BCUT2D eigenvalue weighted by Gasteiger charge is -2.13. The number of nitrogens with two attached hydrogens (primary N) is 1. The van der Waals surface area contributed by atoms with Gasteiger partial charge in [-0.1, -0.05) is 89.8 Å². The van der Waals surface area contributed by atoms with Gasteiger partial charge in [0.05, 0.1) is 55.5 Å². The molecule has 0 radical (unpaired) electrons. The second kappa shape index (κ2) is 36.0. The van der Waals surface area contributed by atoms with E-state index in [-0.39, 0.29) is 30.7 Å². The second-order valence-electron chi connectivity index (χ2n) is 11.6. The third kappa shape index (κ3) is 33.8. The van der Waals surface area contributed by atoms with Gasteiger partial charge in [0.1, 0.15) is 0 Å². The molecule has 0 aliphatic heterocycles. The van der Waals surface area contributed by atoms with Gasteiger partial charge in [-0.25, -0.2) is 0 Å². The molecule has 0 saturated heterocycles. The summed E-state index contributed by atoms with van der Waals surface area (Å²) in [5, 5.41) is 3.43. The van der Waals surface area contributed by atoms with E-state index < -0.39 is 20.2 Å². The van der Waals surface area contributed by atoms with E-state index in [4.69, 9.17) is 33.4 Å². The highest BCUT2D eigenvalue weighted by Crippen LogP contribution is 2.17. The second-order valence-corrected chi connectivity index (χ2v) is 14.6. The maximum absolute atomic E-state index is 11.9. The minimum atomic E-state index is -4.02. The maximum atomic E-state index is 11.9. The smallest absolute Gasteiger partial charge is 0.297 e. The first kappa shape index (κ1) is 56.8. The molecular weight excluding hydrogens is 709 g/mol. The van der Waals surface area contributed by atoms with Gasteiger partial charge in [-0.15, -0.1) is 0 Å². The molecule has 0 spiro atoms. The van der Waals surface area contributed by atoms with Gasteiger partial charge in [-0.3, -0.25) is 8.74 Å². The van der Waals surface area contributed by atoms with E-state index in [0.29, 0.717) is 45.6 Å². The normalized spacial score (nSPS) is 11.9. The number of benzene rings is 2. The summed E-state index contributed by atoms with van der Waals surface area (Å²) in [6.07, 6.45) is 6.36. The van der Waals surface area contributed by atoms with Crippen molar-refractivity contribution in [1.82, 2.24) is 5.32 Å². The number of aryl methyl sites for hydroxylation is 2. The van der Waals surface area contributed by atoms with E-state index in [1.165, 1.54) is 31.4 Å². The summed E-state index contributed by atoms with van der Waals surface area (Å²) in [4.78, 5) is 0.162. The van der Waals surface area contributed by atoms with Crippen molar-refractivity contribution in [2.45, 2.75) is 117 Å². The molecule has 0 amide bonds. The van der Waals surface area contributed by atoms with E-state index in [0.717, 1.165) is 43.5 Å². The number of hydrogen-bond acceptors (Lipinski definition) is 11. The van der Waals surface area contributed by atoms with Crippen LogP contribution in [0.1, 0.15) is 92.2 Å². The van der Waals surface area contributed by atoms with Crippen molar-refractivity contribution in [1.29, 1.82) is 0 Å². The van der Waals surface area contributed by atoms with Crippen molar-refractivity contribution in [2.24, 2.45) is 5.73 Å². The van der Waals surface area contributed by atoms with Crippen LogP contribution < -0.4 is 11.1 Å². The summed E-state index contributed by atoms with van der Waals surface area (Å²) in [7, 11) is -4.29. The van der Waals surface area contributed by atoms with Gasteiger partial charge in [0.2, 0.25) is 0 Å². The monoisotopic (exact) mass is 782 g/mol. The van der Waals surface area contributed by atoms with Crippen LogP contribution in [0.5, 0.6) is 0 Å². The van der Waals surface area contributed by atoms with Crippen LogP contribution in [0.25, 0.3) is 0 Å². The number of nitrogens with one attached hydrogen (secondary N) is 1. The highest BCUT2D eigenvalue weighted by molar-refractivity contribution is 7.86. The quantitative estimate of drug-likeness (QED) is 0.0623. The Balaban J connectivity index is -0.000000301. The van der Waals surface area contributed by atoms with E-state index >= 15 is 0 Å². The molecule has 4 N–H and O–H groups in total. The van der Waals surface area contributed by atoms with E-state index in [2.05, 4.69) is 26.1 Å². The number of methoxy groups -OCH3 is 2. The predicted octanol–water partition coefficient (Wildman–Crippen LogP) is 7.22. The summed E-state index contributed by atoms with van der Waals surface area (Å²) >= 11 is 0. The van der Waals surface area contributed by atoms with Crippen LogP contribution in [0.2, 0.25) is 0 Å². The van der Waals surface area contributed by atoms with Gasteiger partial charge < -0.3 is 30.0 Å². The SMILES string of the molecule is C.C.CCCCC(C)NCCOCCOC.CCCCC(C)OS(=O)(=O)c1ccc(C)cc1.COCCOCCN.Cc1ccc(S(=O)(=O)O)cc1. The Morgan fingerprint density at radius 2 is 1.13 bits per heavy atom. The fraction of sp³-hybridized carbons (Fsp3) is 0.684. The van der Waals surface area contributed by atoms with Crippen molar-refractivity contribution in [3.05, 3.63) is 59.7 Å². The van der Waals surface area contributed by atoms with Crippen molar-refractivity contribution < 1.29 is 44.5 Å². The minimum Gasteiger partial charge on any atom is -0.382 e. The van der Waals surface area contributed by atoms with Crippen LogP contribution >= 0.6 is 0 Å². The molecule has 0 fully saturated rings. The van der Waals surface area contributed by atoms with Gasteiger partial charge >= 0.3 is 0 Å². The van der Waals surface area contributed by atoms with Crippen LogP contribution in [-0.2, 0) is 43.4 Å². The first-order valence-corrected chi connectivity index (χ1v) is 20.1. The molecule has 0 heterocycles.